The first-order valence-electron chi connectivity index (χ1n) is 5.37. The Kier molecular flexibility index (Phi) is 3.05. The molecular weight excluding hydrogens is 208 g/mol. The minimum Gasteiger partial charge on any atom is -0.334 e. The molecule has 0 saturated carbocycles. The maximum atomic E-state index is 12.1. The lowest BCUT2D eigenvalue weighted by Crippen LogP contribution is -2.45. The Hall–Kier alpha value is -0.900. The van der Waals surface area contributed by atoms with Gasteiger partial charge in [0.05, 0.1) is 5.51 Å². The molecule has 1 aliphatic heterocycles. The van der Waals surface area contributed by atoms with Crippen LogP contribution in [0.15, 0.2) is 10.9 Å². The molecule has 1 saturated heterocycles. The fraction of sp³-hybridized carbons (Fsp3) is 0.636. The molecule has 1 amide bonds. The van der Waals surface area contributed by atoms with Crippen molar-refractivity contribution < 1.29 is 4.79 Å². The summed E-state index contributed by atoms with van der Waals surface area (Å²) in [5.41, 5.74) is 2.31. The normalized spacial score (nSPS) is 26.7. The number of hydrogen-bond acceptors (Lipinski definition) is 3. The van der Waals surface area contributed by atoms with Crippen LogP contribution in [0.5, 0.6) is 0 Å². The third kappa shape index (κ3) is 2.20. The highest BCUT2D eigenvalue weighted by molar-refractivity contribution is 7.07. The Morgan fingerprint density at radius 3 is 3.00 bits per heavy atom. The molecule has 4 heteroatoms. The first-order valence-corrected chi connectivity index (χ1v) is 6.32. The van der Waals surface area contributed by atoms with Gasteiger partial charge in [0.25, 0.3) is 5.91 Å². The van der Waals surface area contributed by atoms with Crippen LogP contribution in [0.25, 0.3) is 0 Å². The van der Waals surface area contributed by atoms with Crippen LogP contribution in [0.4, 0.5) is 0 Å². The van der Waals surface area contributed by atoms with E-state index >= 15 is 0 Å². The van der Waals surface area contributed by atoms with Crippen molar-refractivity contribution in [2.45, 2.75) is 32.7 Å². The minimum absolute atomic E-state index is 0.0929. The van der Waals surface area contributed by atoms with E-state index in [9.17, 15) is 4.79 Å². The van der Waals surface area contributed by atoms with Gasteiger partial charge in [0.1, 0.15) is 5.69 Å². The lowest BCUT2D eigenvalue weighted by Gasteiger charge is -2.36. The zero-order valence-corrected chi connectivity index (χ0v) is 9.96. The Morgan fingerprint density at radius 1 is 1.53 bits per heavy atom. The Morgan fingerprint density at radius 2 is 2.33 bits per heavy atom. The molecule has 2 heterocycles. The summed E-state index contributed by atoms with van der Waals surface area (Å²) in [6, 6.07) is 0.357. The first-order chi connectivity index (χ1) is 7.18. The van der Waals surface area contributed by atoms with E-state index in [1.165, 1.54) is 17.8 Å². The van der Waals surface area contributed by atoms with Crippen molar-refractivity contribution in [2.24, 2.45) is 5.92 Å². The number of thiazole rings is 1. The van der Waals surface area contributed by atoms with Crippen molar-refractivity contribution in [2.75, 3.05) is 6.54 Å². The Labute approximate surface area is 94.1 Å². The quantitative estimate of drug-likeness (QED) is 0.734. The van der Waals surface area contributed by atoms with E-state index in [1.807, 2.05) is 10.3 Å². The third-order valence-corrected chi connectivity index (χ3v) is 3.62. The third-order valence-electron chi connectivity index (χ3n) is 3.03. The highest BCUT2D eigenvalue weighted by atomic mass is 32.1. The van der Waals surface area contributed by atoms with Crippen molar-refractivity contribution in [3.63, 3.8) is 0 Å². The first kappa shape index (κ1) is 10.6. The molecular formula is C11H16N2OS. The number of rotatable bonds is 1. The van der Waals surface area contributed by atoms with Crippen LogP contribution < -0.4 is 0 Å². The van der Waals surface area contributed by atoms with Crippen LogP contribution >= 0.6 is 11.3 Å². The highest BCUT2D eigenvalue weighted by Gasteiger charge is 2.28. The van der Waals surface area contributed by atoms with E-state index in [-0.39, 0.29) is 5.91 Å². The van der Waals surface area contributed by atoms with E-state index in [4.69, 9.17) is 0 Å². The molecule has 0 spiro atoms. The van der Waals surface area contributed by atoms with Gasteiger partial charge in [0, 0.05) is 18.0 Å². The van der Waals surface area contributed by atoms with E-state index in [0.29, 0.717) is 17.7 Å². The molecule has 3 nitrogen and oxygen atoms in total. The molecule has 1 fully saturated rings. The average Bonchev–Trinajstić information content (AvgIpc) is 2.74. The summed E-state index contributed by atoms with van der Waals surface area (Å²) >= 11 is 1.48. The topological polar surface area (TPSA) is 33.2 Å². The Bertz CT molecular complexity index is 336. The van der Waals surface area contributed by atoms with E-state index in [0.717, 1.165) is 13.0 Å². The van der Waals surface area contributed by atoms with Crippen LogP contribution in [0.1, 0.15) is 37.2 Å². The summed E-state index contributed by atoms with van der Waals surface area (Å²) in [6.07, 6.45) is 2.33. The summed E-state index contributed by atoms with van der Waals surface area (Å²) in [6.45, 7) is 5.20. The molecule has 0 bridgehead atoms. The van der Waals surface area contributed by atoms with Gasteiger partial charge in [0.2, 0.25) is 0 Å². The molecule has 2 atom stereocenters. The maximum absolute atomic E-state index is 12.1. The van der Waals surface area contributed by atoms with Gasteiger partial charge < -0.3 is 4.90 Å². The van der Waals surface area contributed by atoms with Gasteiger partial charge in [-0.2, -0.15) is 0 Å². The van der Waals surface area contributed by atoms with Gasteiger partial charge in [0.15, 0.2) is 0 Å². The fourth-order valence-electron chi connectivity index (χ4n) is 2.04. The molecule has 0 aromatic carbocycles. The molecule has 0 radical (unpaired) electrons. The molecule has 1 aromatic rings. The predicted molar refractivity (Wildman–Crippen MR) is 61.0 cm³/mol. The van der Waals surface area contributed by atoms with Crippen LogP contribution in [-0.2, 0) is 0 Å². The molecule has 1 aliphatic rings. The van der Waals surface area contributed by atoms with Crippen LogP contribution in [0.2, 0.25) is 0 Å². The van der Waals surface area contributed by atoms with Crippen LogP contribution in [-0.4, -0.2) is 28.4 Å². The van der Waals surface area contributed by atoms with Gasteiger partial charge in [-0.25, -0.2) is 4.98 Å². The molecule has 1 aromatic heterocycles. The van der Waals surface area contributed by atoms with Crippen molar-refractivity contribution >= 4 is 17.2 Å². The number of carbonyl (C=O) groups excluding carboxylic acids is 1. The number of amides is 1. The second kappa shape index (κ2) is 4.31. The fourth-order valence-corrected chi connectivity index (χ4v) is 2.56. The van der Waals surface area contributed by atoms with Gasteiger partial charge in [-0.3, -0.25) is 4.79 Å². The molecule has 2 unspecified atom stereocenters. The Balaban J connectivity index is 2.12. The monoisotopic (exact) mass is 224 g/mol. The minimum atomic E-state index is 0.0929. The van der Waals surface area contributed by atoms with Crippen LogP contribution in [0.3, 0.4) is 0 Å². The van der Waals surface area contributed by atoms with E-state index < -0.39 is 0 Å². The second-order valence-corrected chi connectivity index (χ2v) is 5.08. The summed E-state index contributed by atoms with van der Waals surface area (Å²) in [7, 11) is 0. The van der Waals surface area contributed by atoms with Gasteiger partial charge in [-0.1, -0.05) is 6.92 Å². The standard InChI is InChI=1S/C11H16N2OS/c1-8-3-4-9(2)13(5-8)11(14)10-6-15-7-12-10/h6-9H,3-5H2,1-2H3. The zero-order valence-electron chi connectivity index (χ0n) is 9.14. The average molecular weight is 224 g/mol. The van der Waals surface area contributed by atoms with Gasteiger partial charge in [-0.15, -0.1) is 11.3 Å². The molecule has 0 N–H and O–H groups in total. The number of piperidine rings is 1. The number of carbonyl (C=O) groups is 1. The molecule has 2 rings (SSSR count). The largest absolute Gasteiger partial charge is 0.334 e. The summed E-state index contributed by atoms with van der Waals surface area (Å²) in [5.74, 6) is 0.707. The smallest absolute Gasteiger partial charge is 0.273 e. The summed E-state index contributed by atoms with van der Waals surface area (Å²) in [5, 5.41) is 1.83. The number of hydrogen-bond donors (Lipinski definition) is 0. The lowest BCUT2D eigenvalue weighted by atomic mass is 9.95. The van der Waals surface area contributed by atoms with Crippen molar-refractivity contribution in [1.29, 1.82) is 0 Å². The summed E-state index contributed by atoms with van der Waals surface area (Å²) in [4.78, 5) is 18.1. The maximum Gasteiger partial charge on any atom is 0.273 e. The lowest BCUT2D eigenvalue weighted by molar-refractivity contribution is 0.0569. The van der Waals surface area contributed by atoms with Gasteiger partial charge >= 0.3 is 0 Å². The summed E-state index contributed by atoms with van der Waals surface area (Å²) < 4.78 is 0. The number of likely N-dealkylation sites (tertiary alicyclic amines) is 1. The van der Waals surface area contributed by atoms with Crippen molar-refractivity contribution in [3.8, 4) is 0 Å². The number of aromatic nitrogens is 1. The molecule has 15 heavy (non-hydrogen) atoms. The SMILES string of the molecule is CC1CCC(C)N(C(=O)c2cscn2)C1. The van der Waals surface area contributed by atoms with E-state index in [2.05, 4.69) is 18.8 Å². The van der Waals surface area contributed by atoms with Gasteiger partial charge in [-0.05, 0) is 25.7 Å². The highest BCUT2D eigenvalue weighted by Crippen LogP contribution is 2.23. The van der Waals surface area contributed by atoms with Crippen LogP contribution in [0, 0.1) is 5.92 Å². The predicted octanol–water partition coefficient (Wildman–Crippen LogP) is 2.40. The van der Waals surface area contributed by atoms with Crippen molar-refractivity contribution in [3.05, 3.63) is 16.6 Å². The second-order valence-electron chi connectivity index (χ2n) is 4.36. The molecule has 82 valence electrons. The molecule has 0 aliphatic carbocycles. The van der Waals surface area contributed by atoms with E-state index in [1.54, 1.807) is 5.51 Å². The zero-order chi connectivity index (χ0) is 10.8. The van der Waals surface area contributed by atoms with Crippen molar-refractivity contribution in [1.82, 2.24) is 9.88 Å². The number of nitrogens with zero attached hydrogens (tertiary/aromatic N) is 2.